The van der Waals surface area contributed by atoms with E-state index >= 15 is 0 Å². The second-order valence-corrected chi connectivity index (χ2v) is 1.88. The van der Waals surface area contributed by atoms with Gasteiger partial charge in [0.25, 0.3) is 0 Å². The van der Waals surface area contributed by atoms with Crippen LogP contribution in [0.4, 0.5) is 5.82 Å². The number of anilines is 1. The maximum Gasteiger partial charge on any atom is 0.122 e. The summed E-state index contributed by atoms with van der Waals surface area (Å²) >= 11 is 0. The van der Waals surface area contributed by atoms with Crippen LogP contribution < -0.4 is 11.1 Å². The van der Waals surface area contributed by atoms with E-state index in [0.29, 0.717) is 0 Å². The highest BCUT2D eigenvalue weighted by Gasteiger charge is 1.94. The van der Waals surface area contributed by atoms with E-state index in [1.54, 1.807) is 18.3 Å². The van der Waals surface area contributed by atoms with Crippen molar-refractivity contribution in [1.29, 1.82) is 0 Å². The lowest BCUT2D eigenvalue weighted by molar-refractivity contribution is 0.925. The number of hydrogen-bond donors (Lipinski definition) is 3. The van der Waals surface area contributed by atoms with Crippen molar-refractivity contribution in [3.63, 3.8) is 0 Å². The van der Waals surface area contributed by atoms with Crippen LogP contribution in [0.2, 0.25) is 0 Å². The van der Waals surface area contributed by atoms with Gasteiger partial charge in [-0.2, -0.15) is 5.10 Å². The van der Waals surface area contributed by atoms with Gasteiger partial charge in [0.15, 0.2) is 0 Å². The molecule has 1 aromatic rings. The first-order chi connectivity index (χ1) is 4.83. The van der Waals surface area contributed by atoms with E-state index in [-0.39, 0.29) is 6.17 Å². The van der Waals surface area contributed by atoms with Crippen LogP contribution in [0.3, 0.4) is 0 Å². The van der Waals surface area contributed by atoms with Crippen molar-refractivity contribution in [2.24, 2.45) is 5.73 Å². The summed E-state index contributed by atoms with van der Waals surface area (Å²) in [5.41, 5.74) is 5.49. The van der Waals surface area contributed by atoms with E-state index in [4.69, 9.17) is 5.73 Å². The molecule has 4 nitrogen and oxygen atoms in total. The summed E-state index contributed by atoms with van der Waals surface area (Å²) in [6.45, 7) is 3.52. The monoisotopic (exact) mass is 138 g/mol. The fourth-order valence-electron chi connectivity index (χ4n) is 0.575. The predicted molar refractivity (Wildman–Crippen MR) is 40.4 cm³/mol. The van der Waals surface area contributed by atoms with Gasteiger partial charge in [0.2, 0.25) is 0 Å². The Kier molecular flexibility index (Phi) is 2.07. The van der Waals surface area contributed by atoms with Gasteiger partial charge in [0.05, 0.1) is 12.4 Å². The van der Waals surface area contributed by atoms with Crippen LogP contribution in [-0.4, -0.2) is 16.4 Å². The van der Waals surface area contributed by atoms with Gasteiger partial charge in [0, 0.05) is 0 Å². The van der Waals surface area contributed by atoms with Crippen molar-refractivity contribution in [3.8, 4) is 0 Å². The molecule has 4 heteroatoms. The predicted octanol–water partition coefficient (Wildman–Crippen LogP) is 0.292. The van der Waals surface area contributed by atoms with E-state index in [1.165, 1.54) is 0 Å². The van der Waals surface area contributed by atoms with E-state index in [9.17, 15) is 0 Å². The summed E-state index contributed by atoms with van der Waals surface area (Å²) in [6, 6.07) is 1.80. The molecule has 0 aromatic carbocycles. The Morgan fingerprint density at radius 1 is 1.90 bits per heavy atom. The Hall–Kier alpha value is -1.29. The molecule has 0 amide bonds. The molecule has 10 heavy (non-hydrogen) atoms. The van der Waals surface area contributed by atoms with E-state index in [0.717, 1.165) is 5.82 Å². The summed E-state index contributed by atoms with van der Waals surface area (Å²) in [5, 5.41) is 9.36. The number of rotatable bonds is 3. The number of aromatic amines is 1. The highest BCUT2D eigenvalue weighted by molar-refractivity contribution is 5.33. The molecule has 0 saturated carbocycles. The molecule has 1 atom stereocenters. The molecule has 1 unspecified atom stereocenters. The van der Waals surface area contributed by atoms with Gasteiger partial charge >= 0.3 is 0 Å². The Bertz CT molecular complexity index is 192. The first-order valence-electron chi connectivity index (χ1n) is 2.97. The maximum atomic E-state index is 5.49. The van der Waals surface area contributed by atoms with Crippen molar-refractivity contribution in [1.82, 2.24) is 10.2 Å². The molecule has 54 valence electrons. The molecule has 0 aliphatic carbocycles. The molecule has 0 radical (unpaired) electrons. The molecular formula is C6H10N4. The third-order valence-electron chi connectivity index (χ3n) is 1.08. The minimum atomic E-state index is -0.222. The van der Waals surface area contributed by atoms with Crippen LogP contribution in [0.15, 0.2) is 24.9 Å². The standard InChI is InChI=1S/C6H10N4/c1-2-5(7)9-6-3-4-8-10-6/h2-5H,1,7H2,(H2,8,9,10). The van der Waals surface area contributed by atoms with Crippen molar-refractivity contribution >= 4 is 5.82 Å². The first kappa shape index (κ1) is 6.82. The van der Waals surface area contributed by atoms with E-state index in [2.05, 4.69) is 22.1 Å². The van der Waals surface area contributed by atoms with Crippen molar-refractivity contribution in [3.05, 3.63) is 24.9 Å². The molecule has 0 aliphatic heterocycles. The normalized spacial score (nSPS) is 12.5. The van der Waals surface area contributed by atoms with Gasteiger partial charge < -0.3 is 11.1 Å². The lowest BCUT2D eigenvalue weighted by Crippen LogP contribution is -2.26. The van der Waals surface area contributed by atoms with Gasteiger partial charge in [-0.15, -0.1) is 0 Å². The third kappa shape index (κ3) is 1.60. The van der Waals surface area contributed by atoms with E-state index < -0.39 is 0 Å². The molecule has 0 bridgehead atoms. The molecule has 1 rings (SSSR count). The number of nitrogens with zero attached hydrogens (tertiary/aromatic N) is 1. The molecule has 0 saturated heterocycles. The van der Waals surface area contributed by atoms with Gasteiger partial charge in [-0.25, -0.2) is 0 Å². The van der Waals surface area contributed by atoms with Crippen molar-refractivity contribution in [2.75, 3.05) is 5.32 Å². The van der Waals surface area contributed by atoms with Crippen LogP contribution in [-0.2, 0) is 0 Å². The summed E-state index contributed by atoms with van der Waals surface area (Å²) in [5.74, 6) is 0.799. The minimum absolute atomic E-state index is 0.222. The van der Waals surface area contributed by atoms with Crippen LogP contribution in [0, 0.1) is 0 Å². The minimum Gasteiger partial charge on any atom is -0.352 e. The first-order valence-corrected chi connectivity index (χ1v) is 2.97. The second kappa shape index (κ2) is 3.03. The molecular weight excluding hydrogens is 128 g/mol. The van der Waals surface area contributed by atoms with Crippen molar-refractivity contribution in [2.45, 2.75) is 6.17 Å². The zero-order valence-electron chi connectivity index (χ0n) is 5.54. The zero-order valence-corrected chi connectivity index (χ0v) is 5.54. The quantitative estimate of drug-likeness (QED) is 0.415. The largest absolute Gasteiger partial charge is 0.352 e. The lowest BCUT2D eigenvalue weighted by Gasteiger charge is -2.06. The highest BCUT2D eigenvalue weighted by Crippen LogP contribution is 1.98. The number of aromatic nitrogens is 2. The Labute approximate surface area is 59.1 Å². The molecule has 4 N–H and O–H groups in total. The lowest BCUT2D eigenvalue weighted by atomic mass is 10.5. The molecule has 1 aromatic heterocycles. The van der Waals surface area contributed by atoms with Crippen LogP contribution in [0.1, 0.15) is 0 Å². The van der Waals surface area contributed by atoms with Gasteiger partial charge in [0.1, 0.15) is 5.82 Å². The van der Waals surface area contributed by atoms with Gasteiger partial charge in [-0.3, -0.25) is 5.10 Å². The van der Waals surface area contributed by atoms with Gasteiger partial charge in [-0.05, 0) is 6.07 Å². The summed E-state index contributed by atoms with van der Waals surface area (Å²) < 4.78 is 0. The van der Waals surface area contributed by atoms with Crippen LogP contribution in [0.25, 0.3) is 0 Å². The summed E-state index contributed by atoms with van der Waals surface area (Å²) in [6.07, 6.45) is 3.04. The SMILES string of the molecule is C=CC(N)Nc1ccn[nH]1. The molecule has 0 fully saturated rings. The van der Waals surface area contributed by atoms with E-state index in [1.807, 2.05) is 0 Å². The van der Waals surface area contributed by atoms with Crippen molar-refractivity contribution < 1.29 is 0 Å². The average Bonchev–Trinajstić information content (AvgIpc) is 2.40. The van der Waals surface area contributed by atoms with Gasteiger partial charge in [-0.1, -0.05) is 12.7 Å². The van der Waals surface area contributed by atoms with Crippen LogP contribution >= 0.6 is 0 Å². The highest BCUT2D eigenvalue weighted by atomic mass is 15.2. The third-order valence-corrected chi connectivity index (χ3v) is 1.08. The second-order valence-electron chi connectivity index (χ2n) is 1.88. The molecule has 1 heterocycles. The Morgan fingerprint density at radius 2 is 2.70 bits per heavy atom. The Morgan fingerprint density at radius 3 is 3.20 bits per heavy atom. The fraction of sp³-hybridized carbons (Fsp3) is 0.167. The zero-order chi connectivity index (χ0) is 7.40. The molecule has 0 aliphatic rings. The van der Waals surface area contributed by atoms with Crippen LogP contribution in [0.5, 0.6) is 0 Å². The molecule has 0 spiro atoms. The summed E-state index contributed by atoms with van der Waals surface area (Å²) in [4.78, 5) is 0. The number of nitrogens with two attached hydrogens (primary N) is 1. The summed E-state index contributed by atoms with van der Waals surface area (Å²) in [7, 11) is 0. The maximum absolute atomic E-state index is 5.49. The number of nitrogens with one attached hydrogen (secondary N) is 2. The topological polar surface area (TPSA) is 66.7 Å². The average molecular weight is 138 g/mol. The smallest absolute Gasteiger partial charge is 0.122 e. The fourth-order valence-corrected chi connectivity index (χ4v) is 0.575. The number of H-pyrrole nitrogens is 1. The number of hydrogen-bond acceptors (Lipinski definition) is 3. The Balaban J connectivity index is 2.47.